The van der Waals surface area contributed by atoms with E-state index in [9.17, 15) is 4.79 Å². The zero-order valence-electron chi connectivity index (χ0n) is 20.8. The summed E-state index contributed by atoms with van der Waals surface area (Å²) in [5, 5.41) is 0. The second kappa shape index (κ2) is 12.3. The van der Waals surface area contributed by atoms with Gasteiger partial charge in [0.05, 0.1) is 13.0 Å². The number of esters is 1. The first-order chi connectivity index (χ1) is 17.6. The van der Waals surface area contributed by atoms with Crippen LogP contribution in [0.3, 0.4) is 0 Å². The molecule has 0 fully saturated rings. The highest BCUT2D eigenvalue weighted by Gasteiger charge is 2.29. The number of hydrogen-bond donors (Lipinski definition) is 0. The number of carbonyl (C=O) groups excluding carboxylic acids is 1. The zero-order chi connectivity index (χ0) is 25.3. The molecule has 4 aromatic rings. The van der Waals surface area contributed by atoms with Crippen LogP contribution in [0.4, 0.5) is 4.39 Å². The van der Waals surface area contributed by atoms with Crippen molar-refractivity contribution < 1.29 is 13.9 Å². The summed E-state index contributed by atoms with van der Waals surface area (Å²) in [5.74, 6) is -0.604. The number of halogens is 1. The molecule has 2 atom stereocenters. The lowest BCUT2D eigenvalue weighted by molar-refractivity contribution is -0.145. The summed E-state index contributed by atoms with van der Waals surface area (Å²) in [6, 6.07) is 34.8. The highest BCUT2D eigenvalue weighted by Crippen LogP contribution is 2.36. The largest absolute Gasteiger partial charge is 0.466 e. The number of nitrogens with zero attached hydrogens (tertiary/aromatic N) is 1. The molecular weight excluding hydrogens is 449 g/mol. The molecular formula is C32H32FNO2. The molecule has 0 aliphatic carbocycles. The summed E-state index contributed by atoms with van der Waals surface area (Å²) >= 11 is 0. The standard InChI is InChI=1S/C32H32FNO2/c1-3-36-32(35)22-31(28-19-20-29(30(33)21-28)27-17-11-6-12-18-27)34(23-25-13-7-4-8-14-25)24(2)26-15-9-5-10-16-26/h4-21,24,31H,3,22-23H2,1-2H3/t24-,31?/m1/s1. The smallest absolute Gasteiger partial charge is 0.307 e. The molecule has 184 valence electrons. The van der Waals surface area contributed by atoms with Crippen LogP contribution in [0, 0.1) is 5.82 Å². The molecule has 0 saturated carbocycles. The van der Waals surface area contributed by atoms with E-state index in [1.807, 2.05) is 78.9 Å². The van der Waals surface area contributed by atoms with Gasteiger partial charge in [0.2, 0.25) is 0 Å². The zero-order valence-corrected chi connectivity index (χ0v) is 20.8. The Hall–Kier alpha value is -3.76. The highest BCUT2D eigenvalue weighted by molar-refractivity contribution is 5.71. The van der Waals surface area contributed by atoms with E-state index in [0.717, 1.165) is 22.3 Å². The highest BCUT2D eigenvalue weighted by atomic mass is 19.1. The summed E-state index contributed by atoms with van der Waals surface area (Å²) in [5.41, 5.74) is 4.36. The first-order valence-electron chi connectivity index (χ1n) is 12.4. The van der Waals surface area contributed by atoms with Crippen LogP contribution < -0.4 is 0 Å². The maximum absolute atomic E-state index is 15.5. The Kier molecular flexibility index (Phi) is 8.64. The van der Waals surface area contributed by atoms with Crippen LogP contribution in [0.25, 0.3) is 11.1 Å². The molecule has 0 bridgehead atoms. The Labute approximate surface area is 213 Å². The minimum absolute atomic E-state index is 0.0253. The average molecular weight is 482 g/mol. The van der Waals surface area contributed by atoms with Gasteiger partial charge in [0.1, 0.15) is 5.82 Å². The van der Waals surface area contributed by atoms with E-state index in [1.165, 1.54) is 0 Å². The molecule has 0 saturated heterocycles. The van der Waals surface area contributed by atoms with E-state index in [1.54, 1.807) is 13.0 Å². The van der Waals surface area contributed by atoms with Crippen LogP contribution in [0.15, 0.2) is 109 Å². The Morgan fingerprint density at radius 3 is 2.06 bits per heavy atom. The van der Waals surface area contributed by atoms with E-state index in [0.29, 0.717) is 18.7 Å². The fourth-order valence-electron chi connectivity index (χ4n) is 4.63. The molecule has 4 aromatic carbocycles. The predicted octanol–water partition coefficient (Wildman–Crippen LogP) is 7.75. The summed E-state index contributed by atoms with van der Waals surface area (Å²) in [6.07, 6.45) is 0.127. The Balaban J connectivity index is 1.77. The van der Waals surface area contributed by atoms with Gasteiger partial charge >= 0.3 is 5.97 Å². The molecule has 0 aliphatic rings. The summed E-state index contributed by atoms with van der Waals surface area (Å²) < 4.78 is 20.8. The molecule has 0 heterocycles. The van der Waals surface area contributed by atoms with Gasteiger partial charge in [-0.1, -0.05) is 103 Å². The number of benzene rings is 4. The fraction of sp³-hybridized carbons (Fsp3) is 0.219. The number of carbonyl (C=O) groups is 1. The van der Waals surface area contributed by atoms with E-state index in [2.05, 4.69) is 36.1 Å². The molecule has 0 aromatic heterocycles. The van der Waals surface area contributed by atoms with Gasteiger partial charge in [-0.2, -0.15) is 0 Å². The van der Waals surface area contributed by atoms with Gasteiger partial charge in [-0.25, -0.2) is 4.39 Å². The van der Waals surface area contributed by atoms with E-state index in [4.69, 9.17) is 4.74 Å². The normalized spacial score (nSPS) is 12.8. The van der Waals surface area contributed by atoms with Gasteiger partial charge in [-0.3, -0.25) is 9.69 Å². The van der Waals surface area contributed by atoms with Crippen molar-refractivity contribution in [2.75, 3.05) is 6.61 Å². The minimum Gasteiger partial charge on any atom is -0.466 e. The van der Waals surface area contributed by atoms with Crippen LogP contribution in [0.1, 0.15) is 49.0 Å². The quantitative estimate of drug-likeness (QED) is 0.217. The first kappa shape index (κ1) is 25.3. The molecule has 0 aliphatic heterocycles. The SMILES string of the molecule is CCOC(=O)CC(c1ccc(-c2ccccc2)c(F)c1)N(Cc1ccccc1)[C@H](C)c1ccccc1. The van der Waals surface area contributed by atoms with E-state index >= 15 is 4.39 Å². The van der Waals surface area contributed by atoms with Crippen LogP contribution in [-0.2, 0) is 16.1 Å². The fourth-order valence-corrected chi connectivity index (χ4v) is 4.63. The van der Waals surface area contributed by atoms with Crippen LogP contribution in [-0.4, -0.2) is 17.5 Å². The van der Waals surface area contributed by atoms with Crippen LogP contribution in [0.5, 0.6) is 0 Å². The third-order valence-corrected chi connectivity index (χ3v) is 6.52. The van der Waals surface area contributed by atoms with Gasteiger partial charge in [-0.15, -0.1) is 0 Å². The lowest BCUT2D eigenvalue weighted by Gasteiger charge is -2.37. The van der Waals surface area contributed by atoms with Crippen molar-refractivity contribution in [3.8, 4) is 11.1 Å². The summed E-state index contributed by atoms with van der Waals surface area (Å²) in [7, 11) is 0. The van der Waals surface area contributed by atoms with E-state index in [-0.39, 0.29) is 30.3 Å². The van der Waals surface area contributed by atoms with Crippen molar-refractivity contribution in [2.45, 2.75) is 38.9 Å². The first-order valence-corrected chi connectivity index (χ1v) is 12.4. The van der Waals surface area contributed by atoms with Crippen molar-refractivity contribution in [1.29, 1.82) is 0 Å². The summed E-state index contributed by atoms with van der Waals surface area (Å²) in [4.78, 5) is 15.0. The molecule has 0 N–H and O–H groups in total. The maximum Gasteiger partial charge on any atom is 0.307 e. The maximum atomic E-state index is 15.5. The third kappa shape index (κ3) is 6.27. The van der Waals surface area contributed by atoms with Gasteiger partial charge < -0.3 is 4.74 Å². The van der Waals surface area contributed by atoms with Gasteiger partial charge in [0.25, 0.3) is 0 Å². The Bertz CT molecular complexity index is 1250. The number of rotatable bonds is 10. The topological polar surface area (TPSA) is 29.5 Å². The van der Waals surface area contributed by atoms with Crippen molar-refractivity contribution in [1.82, 2.24) is 4.90 Å². The number of hydrogen-bond acceptors (Lipinski definition) is 3. The Morgan fingerprint density at radius 1 is 0.833 bits per heavy atom. The van der Waals surface area contributed by atoms with Crippen molar-refractivity contribution in [3.05, 3.63) is 132 Å². The second-order valence-corrected chi connectivity index (χ2v) is 8.87. The lowest BCUT2D eigenvalue weighted by atomic mass is 9.94. The summed E-state index contributed by atoms with van der Waals surface area (Å²) in [6.45, 7) is 4.84. The molecule has 0 spiro atoms. The van der Waals surface area contributed by atoms with E-state index < -0.39 is 0 Å². The average Bonchev–Trinajstić information content (AvgIpc) is 2.92. The number of ether oxygens (including phenoxy) is 1. The van der Waals surface area contributed by atoms with Crippen molar-refractivity contribution in [3.63, 3.8) is 0 Å². The minimum atomic E-state index is -0.376. The van der Waals surface area contributed by atoms with Gasteiger partial charge in [-0.05, 0) is 42.2 Å². The van der Waals surface area contributed by atoms with Crippen molar-refractivity contribution in [2.24, 2.45) is 0 Å². The molecule has 36 heavy (non-hydrogen) atoms. The second-order valence-electron chi connectivity index (χ2n) is 8.87. The molecule has 0 amide bonds. The molecule has 1 unspecified atom stereocenters. The molecule has 4 rings (SSSR count). The predicted molar refractivity (Wildman–Crippen MR) is 143 cm³/mol. The van der Waals surface area contributed by atoms with Gasteiger partial charge in [0.15, 0.2) is 0 Å². The molecule has 0 radical (unpaired) electrons. The monoisotopic (exact) mass is 481 g/mol. The molecule has 4 heteroatoms. The van der Waals surface area contributed by atoms with Crippen LogP contribution >= 0.6 is 0 Å². The van der Waals surface area contributed by atoms with Gasteiger partial charge in [0, 0.05) is 24.2 Å². The molecule has 3 nitrogen and oxygen atoms in total. The Morgan fingerprint density at radius 2 is 1.44 bits per heavy atom. The lowest BCUT2D eigenvalue weighted by Crippen LogP contribution is -2.33. The van der Waals surface area contributed by atoms with Crippen LogP contribution in [0.2, 0.25) is 0 Å². The third-order valence-electron chi connectivity index (χ3n) is 6.52. The van der Waals surface area contributed by atoms with Crippen molar-refractivity contribution >= 4 is 5.97 Å².